The lowest BCUT2D eigenvalue weighted by atomic mass is 10.2. The molecule has 100 valence electrons. The van der Waals surface area contributed by atoms with Crippen LogP contribution in [-0.2, 0) is 13.1 Å². The second-order valence-electron chi connectivity index (χ2n) is 4.23. The summed E-state index contributed by atoms with van der Waals surface area (Å²) in [6.45, 7) is 2.71. The fourth-order valence-electron chi connectivity index (χ4n) is 1.79. The predicted octanol–water partition coefficient (Wildman–Crippen LogP) is 2.28. The van der Waals surface area contributed by atoms with Gasteiger partial charge in [0.1, 0.15) is 11.5 Å². The number of rotatable bonds is 5. The van der Waals surface area contributed by atoms with Crippen molar-refractivity contribution >= 4 is 5.97 Å². The normalized spacial score (nSPS) is 10.6. The minimum absolute atomic E-state index is 0.0585. The van der Waals surface area contributed by atoms with E-state index < -0.39 is 5.97 Å². The van der Waals surface area contributed by atoms with E-state index in [1.165, 1.54) is 6.07 Å². The number of para-hydroxylation sites is 1. The van der Waals surface area contributed by atoms with Gasteiger partial charge in [-0.05, 0) is 19.1 Å². The van der Waals surface area contributed by atoms with Gasteiger partial charge in [-0.3, -0.25) is 0 Å². The van der Waals surface area contributed by atoms with E-state index in [2.05, 4.69) is 5.32 Å². The van der Waals surface area contributed by atoms with Gasteiger partial charge in [-0.1, -0.05) is 18.2 Å². The summed E-state index contributed by atoms with van der Waals surface area (Å²) in [5.74, 6) is -0.306. The van der Waals surface area contributed by atoms with Crippen LogP contribution < -0.4 is 5.32 Å². The number of phenols is 1. The van der Waals surface area contributed by atoms with E-state index in [1.54, 1.807) is 19.1 Å². The summed E-state index contributed by atoms with van der Waals surface area (Å²) in [6, 6.07) is 8.58. The monoisotopic (exact) mass is 261 g/mol. The quantitative estimate of drug-likeness (QED) is 0.769. The van der Waals surface area contributed by atoms with Crippen LogP contribution in [0.25, 0.3) is 0 Å². The van der Waals surface area contributed by atoms with Crippen LogP contribution in [0, 0.1) is 6.92 Å². The minimum atomic E-state index is -1.07. The molecule has 3 N–H and O–H groups in total. The number of aryl methyl sites for hydroxylation is 1. The van der Waals surface area contributed by atoms with E-state index >= 15 is 0 Å². The molecule has 0 saturated carbocycles. The summed E-state index contributed by atoms with van der Waals surface area (Å²) in [4.78, 5) is 10.8. The van der Waals surface area contributed by atoms with Crippen molar-refractivity contribution in [3.05, 3.63) is 53.0 Å². The molecule has 0 radical (unpaired) electrons. The molecule has 0 aliphatic rings. The molecule has 0 atom stereocenters. The molecule has 0 unspecified atom stereocenters. The Morgan fingerprint density at radius 1 is 1.26 bits per heavy atom. The first-order valence-corrected chi connectivity index (χ1v) is 5.88. The first-order valence-electron chi connectivity index (χ1n) is 5.88. The molecule has 0 amide bonds. The third-order valence-electron chi connectivity index (χ3n) is 2.85. The van der Waals surface area contributed by atoms with E-state index in [1.807, 2.05) is 12.1 Å². The van der Waals surface area contributed by atoms with Gasteiger partial charge < -0.3 is 19.9 Å². The molecule has 0 saturated heterocycles. The van der Waals surface area contributed by atoms with Crippen molar-refractivity contribution < 1.29 is 19.4 Å². The van der Waals surface area contributed by atoms with Crippen molar-refractivity contribution in [3.63, 3.8) is 0 Å². The van der Waals surface area contributed by atoms with Crippen molar-refractivity contribution in [2.24, 2.45) is 0 Å². The number of benzene rings is 1. The number of hydrogen-bond acceptors (Lipinski definition) is 4. The van der Waals surface area contributed by atoms with Crippen LogP contribution in [0.3, 0.4) is 0 Å². The second-order valence-corrected chi connectivity index (χ2v) is 4.23. The molecular formula is C14H15NO4. The molecule has 0 spiro atoms. The van der Waals surface area contributed by atoms with E-state index in [0.29, 0.717) is 18.8 Å². The highest BCUT2D eigenvalue weighted by Gasteiger charge is 2.12. The number of nitrogens with one attached hydrogen (secondary N) is 1. The molecule has 5 heteroatoms. The topological polar surface area (TPSA) is 82.7 Å². The van der Waals surface area contributed by atoms with Gasteiger partial charge in [-0.25, -0.2) is 4.79 Å². The Morgan fingerprint density at radius 3 is 2.58 bits per heavy atom. The lowest BCUT2D eigenvalue weighted by Gasteiger charge is -2.05. The van der Waals surface area contributed by atoms with E-state index in [4.69, 9.17) is 9.52 Å². The maximum Gasteiger partial charge on any atom is 0.371 e. The van der Waals surface area contributed by atoms with Crippen LogP contribution in [0.2, 0.25) is 0 Å². The molecule has 0 aliphatic carbocycles. The summed E-state index contributed by atoms with van der Waals surface area (Å²) in [7, 11) is 0. The molecule has 1 heterocycles. The highest BCUT2D eigenvalue weighted by atomic mass is 16.4. The Hall–Kier alpha value is -2.27. The van der Waals surface area contributed by atoms with Crippen LogP contribution in [0.15, 0.2) is 34.7 Å². The summed E-state index contributed by atoms with van der Waals surface area (Å²) in [5, 5.41) is 21.6. The molecule has 0 fully saturated rings. The molecular weight excluding hydrogens is 246 g/mol. The molecule has 2 aromatic rings. The fraction of sp³-hybridized carbons (Fsp3) is 0.214. The predicted molar refractivity (Wildman–Crippen MR) is 69.1 cm³/mol. The molecule has 19 heavy (non-hydrogen) atoms. The summed E-state index contributed by atoms with van der Waals surface area (Å²) < 4.78 is 5.11. The first kappa shape index (κ1) is 13.2. The highest BCUT2D eigenvalue weighted by Crippen LogP contribution is 2.17. The molecule has 5 nitrogen and oxygen atoms in total. The van der Waals surface area contributed by atoms with Gasteiger partial charge in [-0.15, -0.1) is 0 Å². The van der Waals surface area contributed by atoms with Crippen molar-refractivity contribution in [2.75, 3.05) is 0 Å². The number of furan rings is 1. The van der Waals surface area contributed by atoms with Gasteiger partial charge in [0.05, 0.1) is 0 Å². The summed E-state index contributed by atoms with van der Waals surface area (Å²) >= 11 is 0. The van der Waals surface area contributed by atoms with Gasteiger partial charge in [0.2, 0.25) is 5.76 Å². The smallest absolute Gasteiger partial charge is 0.371 e. The minimum Gasteiger partial charge on any atom is -0.508 e. The zero-order chi connectivity index (χ0) is 13.8. The van der Waals surface area contributed by atoms with E-state index in [9.17, 15) is 9.90 Å². The number of carbonyl (C=O) groups is 1. The number of aromatic carboxylic acids is 1. The lowest BCUT2D eigenvalue weighted by molar-refractivity contribution is 0.0661. The highest BCUT2D eigenvalue weighted by molar-refractivity contribution is 5.84. The average Bonchev–Trinajstić information content (AvgIpc) is 2.74. The van der Waals surface area contributed by atoms with Crippen LogP contribution >= 0.6 is 0 Å². The Morgan fingerprint density at radius 2 is 1.95 bits per heavy atom. The van der Waals surface area contributed by atoms with Gasteiger partial charge in [0.15, 0.2) is 0 Å². The number of hydrogen-bond donors (Lipinski definition) is 3. The van der Waals surface area contributed by atoms with Crippen molar-refractivity contribution in [1.29, 1.82) is 0 Å². The Bertz CT molecular complexity index is 589. The summed E-state index contributed by atoms with van der Waals surface area (Å²) in [6.07, 6.45) is 0. The Kier molecular flexibility index (Phi) is 3.87. The molecule has 0 bridgehead atoms. The molecule has 2 rings (SSSR count). The van der Waals surface area contributed by atoms with Gasteiger partial charge in [0, 0.05) is 24.2 Å². The largest absolute Gasteiger partial charge is 0.508 e. The average molecular weight is 261 g/mol. The third kappa shape index (κ3) is 3.14. The number of phenolic OH excluding ortho intramolecular Hbond substituents is 1. The van der Waals surface area contributed by atoms with Gasteiger partial charge in [0.25, 0.3) is 0 Å². The number of aromatic hydroxyl groups is 1. The Balaban J connectivity index is 1.96. The van der Waals surface area contributed by atoms with E-state index in [0.717, 1.165) is 11.1 Å². The van der Waals surface area contributed by atoms with Crippen molar-refractivity contribution in [1.82, 2.24) is 5.32 Å². The van der Waals surface area contributed by atoms with E-state index in [-0.39, 0.29) is 11.5 Å². The van der Waals surface area contributed by atoms with Gasteiger partial charge >= 0.3 is 5.97 Å². The maximum absolute atomic E-state index is 10.8. The SMILES string of the molecule is Cc1oc(C(=O)O)cc1CNCc1ccccc1O. The number of carboxylic acids is 1. The van der Waals surface area contributed by atoms with Crippen LogP contribution in [0.5, 0.6) is 5.75 Å². The lowest BCUT2D eigenvalue weighted by Crippen LogP contribution is -2.12. The van der Waals surface area contributed by atoms with Crippen molar-refractivity contribution in [3.8, 4) is 5.75 Å². The summed E-state index contributed by atoms with van der Waals surface area (Å²) in [5.41, 5.74) is 1.59. The van der Waals surface area contributed by atoms with Crippen LogP contribution in [0.4, 0.5) is 0 Å². The first-order chi connectivity index (χ1) is 9.08. The maximum atomic E-state index is 10.8. The zero-order valence-corrected chi connectivity index (χ0v) is 10.5. The van der Waals surface area contributed by atoms with Crippen molar-refractivity contribution in [2.45, 2.75) is 20.0 Å². The number of carboxylic acid groups (broad SMARTS) is 1. The molecule has 1 aromatic heterocycles. The second kappa shape index (κ2) is 5.58. The molecule has 0 aliphatic heterocycles. The third-order valence-corrected chi connectivity index (χ3v) is 2.85. The fourth-order valence-corrected chi connectivity index (χ4v) is 1.79. The molecule has 1 aromatic carbocycles. The zero-order valence-electron chi connectivity index (χ0n) is 10.5. The Labute approximate surface area is 110 Å². The van der Waals surface area contributed by atoms with Crippen LogP contribution in [-0.4, -0.2) is 16.2 Å². The standard InChI is InChI=1S/C14H15NO4/c1-9-11(6-13(19-9)14(17)18)8-15-7-10-4-2-3-5-12(10)16/h2-6,15-16H,7-8H2,1H3,(H,17,18). The van der Waals surface area contributed by atoms with Crippen LogP contribution in [0.1, 0.15) is 27.4 Å². The van der Waals surface area contributed by atoms with Gasteiger partial charge in [-0.2, -0.15) is 0 Å².